The molecule has 13 heteroatoms. The van der Waals surface area contributed by atoms with Crippen LogP contribution in [0.25, 0.3) is 0 Å². The third kappa shape index (κ3) is 4.08. The molecule has 1 aromatic carbocycles. The van der Waals surface area contributed by atoms with Gasteiger partial charge in [0.1, 0.15) is 16.4 Å². The Bertz CT molecular complexity index is 997. The van der Waals surface area contributed by atoms with Crippen LogP contribution in [-0.2, 0) is 24.8 Å². The van der Waals surface area contributed by atoms with Crippen LogP contribution in [0.5, 0.6) is 0 Å². The highest BCUT2D eigenvalue weighted by atomic mass is 32.2. The topological polar surface area (TPSA) is 83.5 Å². The van der Waals surface area contributed by atoms with Gasteiger partial charge in [0.15, 0.2) is 0 Å². The predicted molar refractivity (Wildman–Crippen MR) is 98.1 cm³/mol. The molecule has 1 heterocycles. The highest BCUT2D eigenvalue weighted by Gasteiger charge is 2.54. The van der Waals surface area contributed by atoms with Crippen LogP contribution in [0, 0.1) is 11.6 Å². The average Bonchev–Trinajstić information content (AvgIpc) is 3.19. The molecule has 0 unspecified atom stereocenters. The first-order chi connectivity index (χ1) is 13.8. The fourth-order valence-electron chi connectivity index (χ4n) is 4.18. The van der Waals surface area contributed by atoms with Crippen LogP contribution >= 0.6 is 0 Å². The number of alkyl halides is 3. The first kappa shape index (κ1) is 23.4. The van der Waals surface area contributed by atoms with Crippen molar-refractivity contribution >= 4 is 20.0 Å². The van der Waals surface area contributed by atoms with E-state index in [-0.39, 0.29) is 44.3 Å². The van der Waals surface area contributed by atoms with Gasteiger partial charge in [-0.3, -0.25) is 0 Å². The number of nitrogens with one attached hydrogen (secondary N) is 1. The Morgan fingerprint density at radius 2 is 1.57 bits per heavy atom. The van der Waals surface area contributed by atoms with Gasteiger partial charge in [-0.2, -0.15) is 13.2 Å². The van der Waals surface area contributed by atoms with E-state index in [0.29, 0.717) is 12.8 Å². The zero-order valence-electron chi connectivity index (χ0n) is 15.8. The molecule has 0 amide bonds. The zero-order valence-corrected chi connectivity index (χ0v) is 17.4. The molecule has 1 aliphatic carbocycles. The van der Waals surface area contributed by atoms with E-state index in [9.17, 15) is 38.8 Å². The molecule has 1 saturated carbocycles. The van der Waals surface area contributed by atoms with Gasteiger partial charge in [0.2, 0.25) is 10.0 Å². The van der Waals surface area contributed by atoms with Crippen LogP contribution in [-0.4, -0.2) is 45.8 Å². The molecule has 6 nitrogen and oxygen atoms in total. The lowest BCUT2D eigenvalue weighted by molar-refractivity contribution is -0.0452. The summed E-state index contributed by atoms with van der Waals surface area (Å²) >= 11 is 0. The fourth-order valence-corrected chi connectivity index (χ4v) is 7.40. The second-order valence-corrected chi connectivity index (χ2v) is 11.5. The van der Waals surface area contributed by atoms with E-state index in [1.165, 1.54) is 4.31 Å². The molecule has 3 rings (SSSR count). The molecular weight excluding hydrogens is 455 g/mol. The lowest BCUT2D eigenvalue weighted by Gasteiger charge is -2.42. The number of sulfonamides is 2. The minimum atomic E-state index is -5.61. The van der Waals surface area contributed by atoms with Crippen LogP contribution in [0.3, 0.4) is 0 Å². The maximum atomic E-state index is 14.6. The molecule has 2 aliphatic rings. The van der Waals surface area contributed by atoms with E-state index < -0.39 is 48.0 Å². The highest BCUT2D eigenvalue weighted by Crippen LogP contribution is 2.47. The Kier molecular flexibility index (Phi) is 6.22. The monoisotopic (exact) mass is 476 g/mol. The van der Waals surface area contributed by atoms with Crippen molar-refractivity contribution in [3.63, 3.8) is 0 Å². The van der Waals surface area contributed by atoms with Gasteiger partial charge in [-0.05, 0) is 56.7 Å². The second-order valence-electron chi connectivity index (χ2n) is 7.57. The highest BCUT2D eigenvalue weighted by molar-refractivity contribution is 7.90. The summed E-state index contributed by atoms with van der Waals surface area (Å²) in [6.45, 7) is 0.427. The summed E-state index contributed by atoms with van der Waals surface area (Å²) in [4.78, 5) is 0. The van der Waals surface area contributed by atoms with E-state index in [2.05, 4.69) is 0 Å². The summed E-state index contributed by atoms with van der Waals surface area (Å²) in [5.74, 6) is -1.78. The Balaban J connectivity index is 1.97. The van der Waals surface area contributed by atoms with Crippen molar-refractivity contribution in [2.24, 2.45) is 0 Å². The van der Waals surface area contributed by atoms with Gasteiger partial charge < -0.3 is 0 Å². The van der Waals surface area contributed by atoms with Crippen molar-refractivity contribution < 1.29 is 38.8 Å². The van der Waals surface area contributed by atoms with Gasteiger partial charge in [-0.1, -0.05) is 0 Å². The molecule has 1 aromatic rings. The first-order valence-corrected chi connectivity index (χ1v) is 12.3. The molecular formula is C17H21F5N2O4S2. The van der Waals surface area contributed by atoms with Crippen molar-refractivity contribution in [1.82, 2.24) is 9.03 Å². The third-order valence-corrected chi connectivity index (χ3v) is 9.65. The number of benzene rings is 1. The van der Waals surface area contributed by atoms with Crippen LogP contribution in [0.1, 0.15) is 44.1 Å². The molecule has 0 spiro atoms. The van der Waals surface area contributed by atoms with Crippen LogP contribution in [0.2, 0.25) is 0 Å². The molecule has 1 N–H and O–H groups in total. The van der Waals surface area contributed by atoms with Crippen molar-refractivity contribution in [2.75, 3.05) is 13.1 Å². The van der Waals surface area contributed by atoms with Crippen molar-refractivity contribution in [3.05, 3.63) is 35.4 Å². The van der Waals surface area contributed by atoms with Gasteiger partial charge >= 0.3 is 15.5 Å². The summed E-state index contributed by atoms with van der Waals surface area (Å²) in [6, 6.07) is 1.28. The van der Waals surface area contributed by atoms with Crippen molar-refractivity contribution in [1.29, 1.82) is 0 Å². The number of nitrogens with zero attached hydrogens (tertiary/aromatic N) is 1. The Hall–Kier alpha value is -1.31. The average molecular weight is 476 g/mol. The fraction of sp³-hybridized carbons (Fsp3) is 0.647. The largest absolute Gasteiger partial charge is 0.511 e. The molecule has 1 saturated heterocycles. The standard InChI is InChI=1S/C17H21F5N2O4S2/c18-12-3-4-15(19)14(11-12)16(30(27,28)24-9-1-2-10-24)7-5-13(6-8-16)23-29(25,26)17(20,21)22/h3-4,11,13,23H,1-2,5-10H2. The Morgan fingerprint density at radius 1 is 1.00 bits per heavy atom. The normalized spacial score (nSPS) is 26.8. The second kappa shape index (κ2) is 7.99. The summed E-state index contributed by atoms with van der Waals surface area (Å²) in [6.07, 6.45) is -0.0466. The summed E-state index contributed by atoms with van der Waals surface area (Å²) in [7, 11) is -9.79. The van der Waals surface area contributed by atoms with Gasteiger partial charge in [-0.25, -0.2) is 34.6 Å². The first-order valence-electron chi connectivity index (χ1n) is 9.34. The SMILES string of the molecule is O=S(=O)(NC1CCC(c2cc(F)ccc2F)(S(=O)(=O)N2CCCC2)CC1)C(F)(F)F. The molecule has 0 bridgehead atoms. The molecule has 0 atom stereocenters. The summed E-state index contributed by atoms with van der Waals surface area (Å²) in [5, 5.41) is 0. The minimum Gasteiger partial charge on any atom is -0.211 e. The van der Waals surface area contributed by atoms with E-state index in [0.717, 1.165) is 18.2 Å². The lowest BCUT2D eigenvalue weighted by Crippen LogP contribution is -2.51. The Labute approximate surface area is 171 Å². The molecule has 0 aromatic heterocycles. The van der Waals surface area contributed by atoms with Gasteiger partial charge in [-0.15, -0.1) is 0 Å². The smallest absolute Gasteiger partial charge is 0.211 e. The number of hydrogen-bond donors (Lipinski definition) is 1. The molecule has 0 radical (unpaired) electrons. The Morgan fingerprint density at radius 3 is 2.10 bits per heavy atom. The van der Waals surface area contributed by atoms with Crippen LogP contribution in [0.4, 0.5) is 22.0 Å². The lowest BCUT2D eigenvalue weighted by atomic mass is 9.81. The number of rotatable bonds is 5. The quantitative estimate of drug-likeness (QED) is 0.663. The molecule has 170 valence electrons. The van der Waals surface area contributed by atoms with E-state index in [1.807, 2.05) is 0 Å². The van der Waals surface area contributed by atoms with Crippen LogP contribution < -0.4 is 4.72 Å². The van der Waals surface area contributed by atoms with Crippen molar-refractivity contribution in [3.8, 4) is 0 Å². The molecule has 2 fully saturated rings. The third-order valence-electron chi connectivity index (χ3n) is 5.74. The van der Waals surface area contributed by atoms with Crippen molar-refractivity contribution in [2.45, 2.75) is 54.8 Å². The van der Waals surface area contributed by atoms with E-state index in [1.54, 1.807) is 4.72 Å². The van der Waals surface area contributed by atoms with Gasteiger partial charge in [0.05, 0.1) is 0 Å². The van der Waals surface area contributed by atoms with Crippen LogP contribution in [0.15, 0.2) is 18.2 Å². The molecule has 1 aliphatic heterocycles. The maximum Gasteiger partial charge on any atom is 0.511 e. The number of hydrogen-bond acceptors (Lipinski definition) is 4. The zero-order chi connectivity index (χ0) is 22.4. The minimum absolute atomic E-state index is 0.213. The molecule has 30 heavy (non-hydrogen) atoms. The summed E-state index contributed by atoms with van der Waals surface area (Å²) < 4.78 is 117. The van der Waals surface area contributed by atoms with E-state index in [4.69, 9.17) is 0 Å². The maximum absolute atomic E-state index is 14.6. The van der Waals surface area contributed by atoms with Gasteiger partial charge in [0.25, 0.3) is 0 Å². The predicted octanol–water partition coefficient (Wildman–Crippen LogP) is 2.97. The summed E-state index contributed by atoms with van der Waals surface area (Å²) in [5.41, 5.74) is -5.88. The van der Waals surface area contributed by atoms with Gasteiger partial charge in [0, 0.05) is 24.7 Å². The van der Waals surface area contributed by atoms with E-state index >= 15 is 0 Å². The number of halogens is 5.